The summed E-state index contributed by atoms with van der Waals surface area (Å²) >= 11 is 5.95. The van der Waals surface area contributed by atoms with Crippen molar-refractivity contribution in [2.75, 3.05) is 32.1 Å². The van der Waals surface area contributed by atoms with Gasteiger partial charge < -0.3 is 15.3 Å². The highest BCUT2D eigenvalue weighted by atomic mass is 35.5. The Morgan fingerprint density at radius 1 is 1.65 bits per heavy atom. The Labute approximate surface area is 105 Å². The van der Waals surface area contributed by atoms with Crippen LogP contribution in [-0.4, -0.2) is 47.6 Å². The zero-order valence-corrected chi connectivity index (χ0v) is 10.7. The normalized spacial score (nSPS) is 10.1. The highest BCUT2D eigenvalue weighted by Crippen LogP contribution is 2.19. The van der Waals surface area contributed by atoms with Crippen LogP contribution < -0.4 is 5.32 Å². The molecule has 1 aromatic heterocycles. The maximum Gasteiger partial charge on any atom is 0.255 e. The molecule has 1 amide bonds. The summed E-state index contributed by atoms with van der Waals surface area (Å²) in [6.45, 7) is 2.60. The predicted octanol–water partition coefficient (Wildman–Crippen LogP) is 1.23. The smallest absolute Gasteiger partial charge is 0.255 e. The minimum absolute atomic E-state index is 0.0683. The van der Waals surface area contributed by atoms with Crippen molar-refractivity contribution in [1.29, 1.82) is 0 Å². The van der Waals surface area contributed by atoms with Gasteiger partial charge in [0, 0.05) is 26.3 Å². The molecule has 0 unspecified atom stereocenters. The zero-order valence-electron chi connectivity index (χ0n) is 9.90. The number of likely N-dealkylation sites (N-methyl/N-ethyl adjacent to an activating group) is 1. The van der Waals surface area contributed by atoms with Crippen molar-refractivity contribution in [3.63, 3.8) is 0 Å². The molecule has 1 aromatic rings. The Kier molecular flexibility index (Phi) is 5.18. The summed E-state index contributed by atoms with van der Waals surface area (Å²) in [7, 11) is 1.72. The van der Waals surface area contributed by atoms with E-state index in [1.807, 2.05) is 6.92 Å². The fourth-order valence-corrected chi connectivity index (χ4v) is 1.62. The van der Waals surface area contributed by atoms with E-state index in [1.54, 1.807) is 13.1 Å². The van der Waals surface area contributed by atoms with Crippen molar-refractivity contribution in [3.8, 4) is 0 Å². The molecule has 94 valence electrons. The number of carbonyl (C=O) groups excluding carboxylic acids is 1. The molecule has 1 heterocycles. The summed E-state index contributed by atoms with van der Waals surface area (Å²) < 4.78 is 0. The lowest BCUT2D eigenvalue weighted by Crippen LogP contribution is -2.33. The molecular formula is C11H16ClN3O2. The molecule has 0 radical (unpaired) electrons. The molecule has 0 spiro atoms. The van der Waals surface area contributed by atoms with Crippen molar-refractivity contribution in [2.45, 2.75) is 6.92 Å². The number of hydrogen-bond acceptors (Lipinski definition) is 4. The Morgan fingerprint density at radius 3 is 2.88 bits per heavy atom. The number of aromatic nitrogens is 1. The molecule has 0 bridgehead atoms. The van der Waals surface area contributed by atoms with Gasteiger partial charge in [0.1, 0.15) is 5.82 Å². The lowest BCUT2D eigenvalue weighted by atomic mass is 10.2. The van der Waals surface area contributed by atoms with E-state index in [2.05, 4.69) is 10.3 Å². The van der Waals surface area contributed by atoms with Crippen LogP contribution in [-0.2, 0) is 0 Å². The second-order valence-corrected chi connectivity index (χ2v) is 3.82. The van der Waals surface area contributed by atoms with E-state index in [0.717, 1.165) is 0 Å². The highest BCUT2D eigenvalue weighted by Gasteiger charge is 2.17. The van der Waals surface area contributed by atoms with E-state index in [0.29, 0.717) is 29.5 Å². The van der Waals surface area contributed by atoms with Crippen LogP contribution in [0.3, 0.4) is 0 Å². The van der Waals surface area contributed by atoms with Gasteiger partial charge in [-0.25, -0.2) is 4.98 Å². The first kappa shape index (κ1) is 13.7. The number of amides is 1. The number of hydrogen-bond donors (Lipinski definition) is 2. The molecular weight excluding hydrogens is 242 g/mol. The number of rotatable bonds is 5. The number of nitrogens with one attached hydrogen (secondary N) is 1. The molecule has 0 saturated heterocycles. The lowest BCUT2D eigenvalue weighted by Gasteiger charge is -2.20. The fraction of sp³-hybridized carbons (Fsp3) is 0.455. The zero-order chi connectivity index (χ0) is 12.8. The minimum Gasteiger partial charge on any atom is -0.395 e. The summed E-state index contributed by atoms with van der Waals surface area (Å²) in [5, 5.41) is 12.0. The molecule has 0 atom stereocenters. The van der Waals surface area contributed by atoms with Crippen LogP contribution in [0.5, 0.6) is 0 Å². The Balaban J connectivity index is 3.01. The first-order chi connectivity index (χ1) is 8.13. The topological polar surface area (TPSA) is 65.5 Å². The summed E-state index contributed by atoms with van der Waals surface area (Å²) in [6, 6.07) is 1.60. The van der Waals surface area contributed by atoms with Gasteiger partial charge in [-0.1, -0.05) is 11.6 Å². The van der Waals surface area contributed by atoms with Crippen LogP contribution in [0.15, 0.2) is 12.3 Å². The van der Waals surface area contributed by atoms with Gasteiger partial charge in [0.15, 0.2) is 0 Å². The summed E-state index contributed by atoms with van der Waals surface area (Å²) in [5.41, 5.74) is 0.390. The minimum atomic E-state index is -0.203. The van der Waals surface area contributed by atoms with E-state index < -0.39 is 0 Å². The third-order valence-electron chi connectivity index (χ3n) is 2.38. The average molecular weight is 258 g/mol. The summed E-state index contributed by atoms with van der Waals surface area (Å²) in [5.74, 6) is 0.378. The van der Waals surface area contributed by atoms with Crippen molar-refractivity contribution >= 4 is 23.3 Å². The maximum absolute atomic E-state index is 12.1. The number of anilines is 1. The number of pyridine rings is 1. The van der Waals surface area contributed by atoms with Gasteiger partial charge in [-0.05, 0) is 13.0 Å². The van der Waals surface area contributed by atoms with Crippen LogP contribution in [0.2, 0.25) is 5.02 Å². The van der Waals surface area contributed by atoms with Crippen molar-refractivity contribution in [3.05, 3.63) is 22.8 Å². The first-order valence-corrected chi connectivity index (χ1v) is 5.75. The molecule has 0 aromatic carbocycles. The van der Waals surface area contributed by atoms with Crippen LogP contribution in [0, 0.1) is 0 Å². The van der Waals surface area contributed by atoms with Crippen LogP contribution in [0.1, 0.15) is 17.3 Å². The van der Waals surface area contributed by atoms with E-state index in [-0.39, 0.29) is 12.5 Å². The van der Waals surface area contributed by atoms with Gasteiger partial charge in [0.25, 0.3) is 5.91 Å². The Morgan fingerprint density at radius 2 is 2.35 bits per heavy atom. The molecule has 0 aliphatic rings. The second-order valence-electron chi connectivity index (χ2n) is 3.41. The third kappa shape index (κ3) is 3.31. The third-order valence-corrected chi connectivity index (χ3v) is 2.68. The second kappa shape index (κ2) is 6.42. The molecule has 17 heavy (non-hydrogen) atoms. The van der Waals surface area contributed by atoms with E-state index in [9.17, 15) is 4.79 Å². The monoisotopic (exact) mass is 257 g/mol. The SMILES string of the molecule is CCN(CCO)C(=O)c1cc(NC)ncc1Cl. The number of aliphatic hydroxyl groups excluding tert-OH is 1. The highest BCUT2D eigenvalue weighted by molar-refractivity contribution is 6.33. The Bertz CT molecular complexity index is 398. The van der Waals surface area contributed by atoms with Gasteiger partial charge >= 0.3 is 0 Å². The summed E-state index contributed by atoms with van der Waals surface area (Å²) in [4.78, 5) is 17.7. The molecule has 1 rings (SSSR count). The molecule has 0 saturated carbocycles. The van der Waals surface area contributed by atoms with Crippen LogP contribution in [0.4, 0.5) is 5.82 Å². The van der Waals surface area contributed by atoms with Gasteiger partial charge in [-0.2, -0.15) is 0 Å². The number of carbonyl (C=O) groups is 1. The predicted molar refractivity (Wildman–Crippen MR) is 67.5 cm³/mol. The fourth-order valence-electron chi connectivity index (χ4n) is 1.43. The Hall–Kier alpha value is -1.33. The molecule has 0 fully saturated rings. The average Bonchev–Trinajstić information content (AvgIpc) is 2.35. The number of aliphatic hydroxyl groups is 1. The van der Waals surface area contributed by atoms with Crippen molar-refractivity contribution in [2.24, 2.45) is 0 Å². The van der Waals surface area contributed by atoms with Gasteiger partial charge in [-0.3, -0.25) is 4.79 Å². The van der Waals surface area contributed by atoms with Crippen LogP contribution in [0.25, 0.3) is 0 Å². The van der Waals surface area contributed by atoms with E-state index in [1.165, 1.54) is 11.1 Å². The molecule has 0 aliphatic carbocycles. The van der Waals surface area contributed by atoms with E-state index >= 15 is 0 Å². The van der Waals surface area contributed by atoms with Crippen LogP contribution >= 0.6 is 11.6 Å². The summed E-state index contributed by atoms with van der Waals surface area (Å²) in [6.07, 6.45) is 1.44. The molecule has 6 heteroatoms. The molecule has 0 aliphatic heterocycles. The lowest BCUT2D eigenvalue weighted by molar-refractivity contribution is 0.0732. The standard InChI is InChI=1S/C11H16ClN3O2/c1-3-15(4-5-16)11(17)8-6-10(13-2)14-7-9(8)12/h6-7,16H,3-5H2,1-2H3,(H,13,14). The maximum atomic E-state index is 12.1. The van der Waals surface area contributed by atoms with E-state index in [4.69, 9.17) is 16.7 Å². The van der Waals surface area contributed by atoms with Crippen molar-refractivity contribution < 1.29 is 9.90 Å². The van der Waals surface area contributed by atoms with Gasteiger partial charge in [0.05, 0.1) is 17.2 Å². The van der Waals surface area contributed by atoms with Gasteiger partial charge in [-0.15, -0.1) is 0 Å². The van der Waals surface area contributed by atoms with Gasteiger partial charge in [0.2, 0.25) is 0 Å². The quantitative estimate of drug-likeness (QED) is 0.833. The van der Waals surface area contributed by atoms with Crippen molar-refractivity contribution in [1.82, 2.24) is 9.88 Å². The number of halogens is 1. The molecule has 5 nitrogen and oxygen atoms in total. The number of nitrogens with zero attached hydrogens (tertiary/aromatic N) is 2. The largest absolute Gasteiger partial charge is 0.395 e. The first-order valence-electron chi connectivity index (χ1n) is 5.37. The molecule has 2 N–H and O–H groups in total.